The molecule has 0 fully saturated rings. The van der Waals surface area contributed by atoms with Gasteiger partial charge in [0.2, 0.25) is 5.91 Å². The number of nitrogens with zero attached hydrogens (tertiary/aromatic N) is 2. The third kappa shape index (κ3) is 3.59. The maximum absolute atomic E-state index is 12.4. The molecule has 0 radical (unpaired) electrons. The third-order valence-corrected chi connectivity index (χ3v) is 5.25. The molecule has 1 amide bonds. The topological polar surface area (TPSA) is 64.0 Å². The highest BCUT2D eigenvalue weighted by molar-refractivity contribution is 7.83. The maximum atomic E-state index is 12.4. The largest absolute Gasteiger partial charge is 0.311 e. The Morgan fingerprint density at radius 1 is 1.25 bits per heavy atom. The van der Waals surface area contributed by atoms with Crippen LogP contribution in [0.25, 0.3) is 0 Å². The second-order valence-electron chi connectivity index (χ2n) is 7.12. The van der Waals surface area contributed by atoms with Crippen LogP contribution >= 0.6 is 0 Å². The van der Waals surface area contributed by atoms with Crippen molar-refractivity contribution >= 4 is 22.5 Å². The van der Waals surface area contributed by atoms with Crippen LogP contribution in [0.2, 0.25) is 0 Å². The zero-order valence-electron chi connectivity index (χ0n) is 14.3. The molecule has 128 valence electrons. The number of benzene rings is 1. The first-order chi connectivity index (χ1) is 11.3. The van der Waals surface area contributed by atoms with Crippen LogP contribution in [0.4, 0.5) is 5.82 Å². The summed E-state index contributed by atoms with van der Waals surface area (Å²) in [6, 6.07) is 9.96. The number of amides is 1. The minimum atomic E-state index is -0.909. The molecular weight excluding hydrogens is 322 g/mol. The Morgan fingerprint density at radius 3 is 2.62 bits per heavy atom. The number of fused-ring (bicyclic) bond motifs is 1. The molecule has 1 unspecified atom stereocenters. The average molecular weight is 345 g/mol. The molecule has 1 aliphatic heterocycles. The maximum Gasteiger partial charge on any atom is 0.225 e. The second-order valence-corrected chi connectivity index (χ2v) is 8.58. The van der Waals surface area contributed by atoms with Crippen molar-refractivity contribution in [1.82, 2.24) is 9.78 Å². The Hall–Kier alpha value is -1.95. The summed E-state index contributed by atoms with van der Waals surface area (Å²) in [6.07, 6.45) is 1.11. The van der Waals surface area contributed by atoms with Crippen LogP contribution < -0.4 is 5.32 Å². The predicted octanol–water partition coefficient (Wildman–Crippen LogP) is 2.97. The van der Waals surface area contributed by atoms with Crippen LogP contribution in [0, 0.1) is 0 Å². The van der Waals surface area contributed by atoms with Crippen LogP contribution in [0.3, 0.4) is 0 Å². The average Bonchev–Trinajstić information content (AvgIpc) is 3.03. The number of aryl methyl sites for hydroxylation is 1. The highest BCUT2D eigenvalue weighted by Gasteiger charge is 2.31. The predicted molar refractivity (Wildman–Crippen MR) is 96.2 cm³/mol. The van der Waals surface area contributed by atoms with Crippen LogP contribution in [-0.2, 0) is 39.1 Å². The normalized spacial score (nSPS) is 16.9. The van der Waals surface area contributed by atoms with E-state index >= 15 is 0 Å². The van der Waals surface area contributed by atoms with Crippen molar-refractivity contribution in [2.45, 2.75) is 50.7 Å². The summed E-state index contributed by atoms with van der Waals surface area (Å²) in [6.45, 7) is 6.14. The molecule has 2 heterocycles. The van der Waals surface area contributed by atoms with E-state index in [1.165, 1.54) is 0 Å². The van der Waals surface area contributed by atoms with Gasteiger partial charge in [-0.3, -0.25) is 9.00 Å². The van der Waals surface area contributed by atoms with Crippen molar-refractivity contribution in [3.8, 4) is 0 Å². The quantitative estimate of drug-likeness (QED) is 0.926. The lowest BCUT2D eigenvalue weighted by molar-refractivity contribution is -0.116. The minimum absolute atomic E-state index is 0.0373. The number of rotatable bonds is 4. The number of hydrogen-bond donors (Lipinski definition) is 1. The van der Waals surface area contributed by atoms with Gasteiger partial charge in [-0.05, 0) is 32.8 Å². The Bertz CT molecular complexity index is 776. The molecule has 0 saturated heterocycles. The van der Waals surface area contributed by atoms with Gasteiger partial charge < -0.3 is 5.32 Å². The zero-order chi connectivity index (χ0) is 17.3. The van der Waals surface area contributed by atoms with Crippen molar-refractivity contribution in [2.24, 2.45) is 0 Å². The molecule has 0 bridgehead atoms. The molecule has 0 saturated carbocycles. The molecule has 0 spiro atoms. The van der Waals surface area contributed by atoms with E-state index < -0.39 is 10.8 Å². The number of nitrogens with one attached hydrogen (secondary N) is 1. The van der Waals surface area contributed by atoms with E-state index in [0.29, 0.717) is 30.2 Å². The highest BCUT2D eigenvalue weighted by Crippen LogP contribution is 2.32. The van der Waals surface area contributed by atoms with Crippen molar-refractivity contribution in [1.29, 1.82) is 0 Å². The monoisotopic (exact) mass is 345 g/mol. The lowest BCUT2D eigenvalue weighted by Gasteiger charge is -2.23. The summed E-state index contributed by atoms with van der Waals surface area (Å²) in [5.41, 5.74) is 2.68. The fourth-order valence-electron chi connectivity index (χ4n) is 2.84. The van der Waals surface area contributed by atoms with Crippen LogP contribution in [0.5, 0.6) is 0 Å². The molecule has 2 aromatic rings. The van der Waals surface area contributed by atoms with Gasteiger partial charge in [-0.25, -0.2) is 4.68 Å². The Labute approximate surface area is 144 Å². The summed E-state index contributed by atoms with van der Waals surface area (Å²) < 4.78 is 13.7. The van der Waals surface area contributed by atoms with E-state index in [1.807, 2.05) is 55.8 Å². The lowest BCUT2D eigenvalue weighted by atomic mass is 10.1. The van der Waals surface area contributed by atoms with Crippen molar-refractivity contribution in [3.05, 3.63) is 47.2 Å². The first-order valence-electron chi connectivity index (χ1n) is 8.14. The Kier molecular flexibility index (Phi) is 4.58. The minimum Gasteiger partial charge on any atom is -0.311 e. The van der Waals surface area contributed by atoms with Crippen LogP contribution in [0.15, 0.2) is 30.3 Å². The molecule has 5 nitrogen and oxygen atoms in total. The van der Waals surface area contributed by atoms with Gasteiger partial charge in [0.25, 0.3) is 0 Å². The molecule has 6 heteroatoms. The van der Waals surface area contributed by atoms with Gasteiger partial charge in [0.05, 0.1) is 22.7 Å². The molecule has 24 heavy (non-hydrogen) atoms. The van der Waals surface area contributed by atoms with Crippen molar-refractivity contribution in [2.75, 3.05) is 5.32 Å². The van der Waals surface area contributed by atoms with E-state index in [1.54, 1.807) is 0 Å². The van der Waals surface area contributed by atoms with Gasteiger partial charge in [0.1, 0.15) is 5.82 Å². The van der Waals surface area contributed by atoms with Gasteiger partial charge in [0, 0.05) is 22.8 Å². The number of carbonyl (C=O) groups excluding carboxylic acids is 1. The highest BCUT2D eigenvalue weighted by atomic mass is 32.2. The van der Waals surface area contributed by atoms with E-state index in [2.05, 4.69) is 10.4 Å². The lowest BCUT2D eigenvalue weighted by Crippen LogP contribution is -2.27. The molecule has 3 rings (SSSR count). The second kappa shape index (κ2) is 6.51. The van der Waals surface area contributed by atoms with E-state index in [-0.39, 0.29) is 11.4 Å². The summed E-state index contributed by atoms with van der Waals surface area (Å²) in [7, 11) is -0.909. The van der Waals surface area contributed by atoms with E-state index in [9.17, 15) is 9.00 Å². The summed E-state index contributed by atoms with van der Waals surface area (Å²) >= 11 is 0. The fourth-order valence-corrected chi connectivity index (χ4v) is 4.10. The summed E-state index contributed by atoms with van der Waals surface area (Å²) in [5, 5.41) is 7.61. The van der Waals surface area contributed by atoms with Gasteiger partial charge in [-0.15, -0.1) is 0 Å². The third-order valence-electron chi connectivity index (χ3n) is 4.05. The van der Waals surface area contributed by atoms with Gasteiger partial charge in [-0.1, -0.05) is 30.3 Å². The summed E-state index contributed by atoms with van der Waals surface area (Å²) in [5.74, 6) is 1.62. The Balaban J connectivity index is 1.76. The molecule has 1 aliphatic rings. The standard InChI is InChI=1S/C18H23N3O2S/c1-18(2,3)21-17(14-11-24(23)12-15(14)20-21)19-16(22)10-9-13-7-5-4-6-8-13/h4-8H,9-12H2,1-3H3,(H,19,22). The summed E-state index contributed by atoms with van der Waals surface area (Å²) in [4.78, 5) is 12.4. The van der Waals surface area contributed by atoms with Crippen molar-refractivity contribution < 1.29 is 9.00 Å². The SMILES string of the molecule is CC(C)(C)n1nc2c(c1NC(=O)CCc1ccccc1)CS(=O)C2. The fraction of sp³-hybridized carbons (Fsp3) is 0.444. The molecule has 0 aliphatic carbocycles. The molecule has 1 atom stereocenters. The number of hydrogen-bond acceptors (Lipinski definition) is 3. The number of aromatic nitrogens is 2. The van der Waals surface area contributed by atoms with Gasteiger partial charge in [-0.2, -0.15) is 5.10 Å². The molecule has 1 N–H and O–H groups in total. The van der Waals surface area contributed by atoms with E-state index in [0.717, 1.165) is 16.8 Å². The van der Waals surface area contributed by atoms with Gasteiger partial charge in [0.15, 0.2) is 0 Å². The first kappa shape index (κ1) is 16.9. The number of anilines is 1. The molecular formula is C18H23N3O2S. The van der Waals surface area contributed by atoms with E-state index in [4.69, 9.17) is 0 Å². The Morgan fingerprint density at radius 2 is 1.96 bits per heavy atom. The van der Waals surface area contributed by atoms with Gasteiger partial charge >= 0.3 is 0 Å². The smallest absolute Gasteiger partial charge is 0.225 e. The van der Waals surface area contributed by atoms with Crippen LogP contribution in [0.1, 0.15) is 44.0 Å². The first-order valence-corrected chi connectivity index (χ1v) is 9.63. The number of carbonyl (C=O) groups is 1. The molecule has 1 aromatic heterocycles. The zero-order valence-corrected chi connectivity index (χ0v) is 15.2. The van der Waals surface area contributed by atoms with Crippen molar-refractivity contribution in [3.63, 3.8) is 0 Å². The molecule has 1 aromatic carbocycles. The van der Waals surface area contributed by atoms with Crippen LogP contribution in [-0.4, -0.2) is 19.9 Å².